The number of hydrogen-bond acceptors (Lipinski definition) is 3. The molecule has 0 unspecified atom stereocenters. The number of benzene rings is 1. The highest BCUT2D eigenvalue weighted by Crippen LogP contribution is 2.16. The normalized spacial score (nSPS) is 13.3. The van der Waals surface area contributed by atoms with Crippen molar-refractivity contribution in [3.8, 4) is 0 Å². The number of aliphatic hydroxyl groups excluding tert-OH is 1. The molecular weight excluding hydrogens is 208 g/mol. The van der Waals surface area contributed by atoms with Gasteiger partial charge in [0.15, 0.2) is 6.10 Å². The molecule has 0 aromatic heterocycles. The van der Waals surface area contributed by atoms with E-state index in [1.807, 2.05) is 25.7 Å². The lowest BCUT2D eigenvalue weighted by Crippen LogP contribution is -2.32. The maximum absolute atomic E-state index is 11.5. The Bertz CT molecular complexity index is 329. The summed E-state index contributed by atoms with van der Waals surface area (Å²) in [5, 5.41) is 9.70. The Labute approximate surface area is 90.8 Å². The van der Waals surface area contributed by atoms with Crippen LogP contribution in [0.1, 0.15) is 11.7 Å². The van der Waals surface area contributed by atoms with E-state index in [1.54, 1.807) is 24.3 Å². The van der Waals surface area contributed by atoms with Crippen LogP contribution in [0, 0.1) is 0 Å². The van der Waals surface area contributed by atoms with Gasteiger partial charge in [-0.3, -0.25) is 4.79 Å². The van der Waals surface area contributed by atoms with Gasteiger partial charge in [0.1, 0.15) is 0 Å². The van der Waals surface area contributed by atoms with Crippen molar-refractivity contribution >= 4 is 14.3 Å². The molecule has 0 fully saturated rings. The van der Waals surface area contributed by atoms with Crippen molar-refractivity contribution in [3.05, 3.63) is 35.9 Å². The van der Waals surface area contributed by atoms with Gasteiger partial charge < -0.3 is 9.53 Å². The summed E-state index contributed by atoms with van der Waals surface area (Å²) in [4.78, 5) is 11.5. The van der Waals surface area contributed by atoms with Crippen LogP contribution in [0.5, 0.6) is 0 Å². The lowest BCUT2D eigenvalue weighted by molar-refractivity contribution is -0.144. The predicted molar refractivity (Wildman–Crippen MR) is 60.8 cm³/mol. The summed E-state index contributed by atoms with van der Waals surface area (Å²) in [5.41, 5.74) is 0.570. The topological polar surface area (TPSA) is 46.5 Å². The smallest absolute Gasteiger partial charge is 0.326 e. The van der Waals surface area contributed by atoms with Crippen molar-refractivity contribution in [1.29, 1.82) is 0 Å². The molecular formula is C11H16O3Si. The fourth-order valence-electron chi connectivity index (χ4n) is 1.13. The number of carbonyl (C=O) groups is 1. The van der Waals surface area contributed by atoms with Crippen molar-refractivity contribution in [3.63, 3.8) is 0 Å². The minimum Gasteiger partial charge on any atom is -0.518 e. The molecule has 0 radical (unpaired) electrons. The summed E-state index contributed by atoms with van der Waals surface area (Å²) in [6.45, 7) is 5.72. The number of rotatable bonds is 3. The van der Waals surface area contributed by atoms with Crippen LogP contribution in [0.15, 0.2) is 30.3 Å². The summed E-state index contributed by atoms with van der Waals surface area (Å²) in [7, 11) is -1.93. The Balaban J connectivity index is 2.70. The molecule has 1 aromatic rings. The first-order valence-corrected chi connectivity index (χ1v) is 8.27. The SMILES string of the molecule is C[Si](C)(C)OC(=O)[C@@H](O)c1ccccc1. The molecule has 1 aromatic carbocycles. The van der Waals surface area contributed by atoms with Gasteiger partial charge in [-0.1, -0.05) is 30.3 Å². The molecule has 0 saturated heterocycles. The molecule has 1 N–H and O–H groups in total. The van der Waals surface area contributed by atoms with E-state index < -0.39 is 20.4 Å². The van der Waals surface area contributed by atoms with Crippen molar-refractivity contribution in [2.45, 2.75) is 25.7 Å². The molecule has 0 aliphatic carbocycles. The molecule has 0 aliphatic rings. The second kappa shape index (κ2) is 4.59. The molecule has 0 bridgehead atoms. The summed E-state index contributed by atoms with van der Waals surface area (Å²) in [5.74, 6) is -0.555. The average molecular weight is 224 g/mol. The zero-order valence-corrected chi connectivity index (χ0v) is 10.2. The summed E-state index contributed by atoms with van der Waals surface area (Å²) >= 11 is 0. The van der Waals surface area contributed by atoms with E-state index in [4.69, 9.17) is 4.43 Å². The number of hydrogen-bond donors (Lipinski definition) is 1. The molecule has 0 amide bonds. The molecule has 82 valence electrons. The van der Waals surface area contributed by atoms with Crippen molar-refractivity contribution < 1.29 is 14.3 Å². The minimum atomic E-state index is -1.93. The standard InChI is InChI=1S/C11H16O3Si/c1-15(2,3)14-11(13)10(12)9-7-5-4-6-8-9/h4-8,10,12H,1-3H3/t10-/m0/s1. The molecule has 3 nitrogen and oxygen atoms in total. The van der Waals surface area contributed by atoms with E-state index in [-0.39, 0.29) is 0 Å². The monoisotopic (exact) mass is 224 g/mol. The lowest BCUT2D eigenvalue weighted by Gasteiger charge is -2.20. The van der Waals surface area contributed by atoms with Gasteiger partial charge in [0.25, 0.3) is 0 Å². The minimum absolute atomic E-state index is 0.555. The van der Waals surface area contributed by atoms with E-state index in [0.717, 1.165) is 0 Å². The third-order valence-corrected chi connectivity index (χ3v) is 2.56. The largest absolute Gasteiger partial charge is 0.518 e. The summed E-state index contributed by atoms with van der Waals surface area (Å²) in [6, 6.07) is 8.80. The van der Waals surface area contributed by atoms with Crippen molar-refractivity contribution in [2.75, 3.05) is 0 Å². The maximum Gasteiger partial charge on any atom is 0.326 e. The highest BCUT2D eigenvalue weighted by atomic mass is 28.4. The van der Waals surface area contributed by atoms with Crippen LogP contribution in [-0.2, 0) is 9.22 Å². The van der Waals surface area contributed by atoms with Crippen LogP contribution in [0.25, 0.3) is 0 Å². The zero-order chi connectivity index (χ0) is 11.5. The first kappa shape index (κ1) is 11.9. The van der Waals surface area contributed by atoms with Crippen LogP contribution in [-0.4, -0.2) is 19.4 Å². The Morgan fingerprint density at radius 3 is 2.27 bits per heavy atom. The van der Waals surface area contributed by atoms with Crippen molar-refractivity contribution in [1.82, 2.24) is 0 Å². The van der Waals surface area contributed by atoms with Gasteiger partial charge >= 0.3 is 5.97 Å². The van der Waals surface area contributed by atoms with E-state index in [2.05, 4.69) is 0 Å². The van der Waals surface area contributed by atoms with Crippen LogP contribution in [0.4, 0.5) is 0 Å². The molecule has 0 spiro atoms. The zero-order valence-electron chi connectivity index (χ0n) is 9.23. The number of aliphatic hydroxyl groups is 1. The van der Waals surface area contributed by atoms with Gasteiger partial charge in [0, 0.05) is 0 Å². The Morgan fingerprint density at radius 2 is 1.80 bits per heavy atom. The van der Waals surface area contributed by atoms with E-state index in [0.29, 0.717) is 5.56 Å². The summed E-state index contributed by atoms with van der Waals surface area (Å²) < 4.78 is 5.20. The molecule has 0 heterocycles. The molecule has 0 aliphatic heterocycles. The van der Waals surface area contributed by atoms with E-state index in [9.17, 15) is 9.90 Å². The van der Waals surface area contributed by atoms with Crippen LogP contribution in [0.3, 0.4) is 0 Å². The first-order valence-electron chi connectivity index (χ1n) is 4.86. The third kappa shape index (κ3) is 3.85. The molecule has 0 saturated carbocycles. The molecule has 4 heteroatoms. The Kier molecular flexibility index (Phi) is 3.65. The van der Waals surface area contributed by atoms with Crippen LogP contribution in [0.2, 0.25) is 19.6 Å². The number of carbonyl (C=O) groups excluding carboxylic acids is 1. The van der Waals surface area contributed by atoms with Crippen molar-refractivity contribution in [2.24, 2.45) is 0 Å². The maximum atomic E-state index is 11.5. The van der Waals surface area contributed by atoms with Gasteiger partial charge in [0.05, 0.1) is 0 Å². The first-order chi connectivity index (χ1) is 6.90. The highest BCUT2D eigenvalue weighted by molar-refractivity contribution is 6.71. The fourth-order valence-corrected chi connectivity index (χ4v) is 1.84. The molecule has 15 heavy (non-hydrogen) atoms. The predicted octanol–water partition coefficient (Wildman–Crippen LogP) is 2.10. The quantitative estimate of drug-likeness (QED) is 0.800. The fraction of sp³-hybridized carbons (Fsp3) is 0.364. The Hall–Kier alpha value is -1.13. The second-order valence-electron chi connectivity index (χ2n) is 4.35. The average Bonchev–Trinajstić information content (AvgIpc) is 2.15. The van der Waals surface area contributed by atoms with Gasteiger partial charge in [0.2, 0.25) is 8.32 Å². The van der Waals surface area contributed by atoms with Gasteiger partial charge in [-0.2, -0.15) is 0 Å². The van der Waals surface area contributed by atoms with Crippen LogP contribution < -0.4 is 0 Å². The summed E-state index contributed by atoms with van der Waals surface area (Å²) in [6.07, 6.45) is -1.17. The van der Waals surface area contributed by atoms with Crippen LogP contribution >= 0.6 is 0 Å². The van der Waals surface area contributed by atoms with E-state index in [1.165, 1.54) is 0 Å². The Morgan fingerprint density at radius 1 is 1.27 bits per heavy atom. The third-order valence-electron chi connectivity index (χ3n) is 1.75. The molecule has 1 rings (SSSR count). The second-order valence-corrected chi connectivity index (χ2v) is 8.78. The molecule has 1 atom stereocenters. The van der Waals surface area contributed by atoms with Gasteiger partial charge in [-0.15, -0.1) is 0 Å². The lowest BCUT2D eigenvalue weighted by atomic mass is 10.1. The highest BCUT2D eigenvalue weighted by Gasteiger charge is 2.25. The van der Waals surface area contributed by atoms with Gasteiger partial charge in [-0.05, 0) is 25.2 Å². The van der Waals surface area contributed by atoms with E-state index >= 15 is 0 Å². The van der Waals surface area contributed by atoms with Gasteiger partial charge in [-0.25, -0.2) is 0 Å².